The predicted octanol–water partition coefficient (Wildman–Crippen LogP) is 2.23. The van der Waals surface area contributed by atoms with E-state index in [0.717, 1.165) is 30.2 Å². The molecule has 0 spiro atoms. The second kappa shape index (κ2) is 3.87. The quantitative estimate of drug-likeness (QED) is 0.752. The van der Waals surface area contributed by atoms with E-state index in [1.807, 2.05) is 0 Å². The van der Waals surface area contributed by atoms with Crippen LogP contribution < -0.4 is 5.32 Å². The second-order valence-corrected chi connectivity index (χ2v) is 3.91. The summed E-state index contributed by atoms with van der Waals surface area (Å²) in [6.45, 7) is 2.07. The van der Waals surface area contributed by atoms with Crippen LogP contribution >= 0.6 is 11.5 Å². The zero-order chi connectivity index (χ0) is 9.10. The highest BCUT2D eigenvalue weighted by atomic mass is 32.1. The molecule has 0 fully saturated rings. The fourth-order valence-corrected chi connectivity index (χ4v) is 2.09. The summed E-state index contributed by atoms with van der Waals surface area (Å²) in [6.07, 6.45) is 7.56. The molecule has 1 N–H and O–H groups in total. The number of hydrogen-bond donors (Lipinski definition) is 1. The van der Waals surface area contributed by atoms with Gasteiger partial charge in [-0.05, 0) is 12.8 Å². The molecule has 0 atom stereocenters. The van der Waals surface area contributed by atoms with Crippen LogP contribution in [0.2, 0.25) is 0 Å². The number of aryl methyl sites for hydroxylation is 1. The summed E-state index contributed by atoms with van der Waals surface area (Å²) >= 11 is 1.46. The number of nitrogens with one attached hydrogen (secondary N) is 1. The number of aromatic nitrogens is 2. The minimum Gasteiger partial charge on any atom is -0.357 e. The van der Waals surface area contributed by atoms with Gasteiger partial charge in [0.25, 0.3) is 0 Å². The zero-order valence-corrected chi connectivity index (χ0v) is 8.47. The van der Waals surface area contributed by atoms with Gasteiger partial charge in [-0.3, -0.25) is 0 Å². The molecule has 70 valence electrons. The molecule has 0 bridgehead atoms. The SMILES string of the molecule is CCc1nsc(NC2CC=CC2)n1. The molecule has 0 saturated carbocycles. The van der Waals surface area contributed by atoms with E-state index in [1.54, 1.807) is 0 Å². The predicted molar refractivity (Wildman–Crippen MR) is 55.1 cm³/mol. The zero-order valence-electron chi connectivity index (χ0n) is 7.66. The summed E-state index contributed by atoms with van der Waals surface area (Å²) in [5.41, 5.74) is 0. The number of nitrogens with zero attached hydrogens (tertiary/aromatic N) is 2. The van der Waals surface area contributed by atoms with Crippen molar-refractivity contribution >= 4 is 16.7 Å². The lowest BCUT2D eigenvalue weighted by atomic mass is 10.2. The van der Waals surface area contributed by atoms with Crippen LogP contribution in [0.25, 0.3) is 0 Å². The van der Waals surface area contributed by atoms with Gasteiger partial charge >= 0.3 is 0 Å². The number of rotatable bonds is 3. The maximum absolute atomic E-state index is 4.36. The third-order valence-electron chi connectivity index (χ3n) is 2.12. The van der Waals surface area contributed by atoms with Crippen molar-refractivity contribution in [3.63, 3.8) is 0 Å². The van der Waals surface area contributed by atoms with Crippen LogP contribution in [0.1, 0.15) is 25.6 Å². The second-order valence-electron chi connectivity index (χ2n) is 3.15. The normalized spacial score (nSPS) is 16.7. The largest absolute Gasteiger partial charge is 0.357 e. The molecule has 1 aromatic rings. The molecular weight excluding hydrogens is 182 g/mol. The Hall–Kier alpha value is -0.900. The lowest BCUT2D eigenvalue weighted by Gasteiger charge is -2.08. The van der Waals surface area contributed by atoms with Crippen LogP contribution in [0, 0.1) is 0 Å². The van der Waals surface area contributed by atoms with Crippen LogP contribution in [0.5, 0.6) is 0 Å². The molecule has 0 amide bonds. The van der Waals surface area contributed by atoms with Gasteiger partial charge in [-0.15, -0.1) is 0 Å². The smallest absolute Gasteiger partial charge is 0.202 e. The highest BCUT2D eigenvalue weighted by Crippen LogP contribution is 2.18. The van der Waals surface area contributed by atoms with Crippen molar-refractivity contribution in [2.45, 2.75) is 32.2 Å². The van der Waals surface area contributed by atoms with Crippen molar-refractivity contribution in [1.29, 1.82) is 0 Å². The van der Waals surface area contributed by atoms with E-state index in [2.05, 4.69) is 33.8 Å². The van der Waals surface area contributed by atoms with Gasteiger partial charge in [-0.25, -0.2) is 4.98 Å². The molecule has 1 aliphatic carbocycles. The molecule has 1 aromatic heterocycles. The van der Waals surface area contributed by atoms with Crippen LogP contribution in [-0.2, 0) is 6.42 Å². The van der Waals surface area contributed by atoms with Gasteiger partial charge in [0.1, 0.15) is 5.82 Å². The molecule has 0 aliphatic heterocycles. The summed E-state index contributed by atoms with van der Waals surface area (Å²) in [5, 5.41) is 4.34. The molecule has 0 aromatic carbocycles. The Morgan fingerprint density at radius 3 is 2.92 bits per heavy atom. The first-order valence-corrected chi connectivity index (χ1v) is 5.40. The van der Waals surface area contributed by atoms with E-state index < -0.39 is 0 Å². The summed E-state index contributed by atoms with van der Waals surface area (Å²) in [4.78, 5) is 4.36. The summed E-state index contributed by atoms with van der Waals surface area (Å²) in [5.74, 6) is 0.943. The molecule has 0 saturated heterocycles. The van der Waals surface area contributed by atoms with Gasteiger partial charge < -0.3 is 5.32 Å². The molecule has 1 heterocycles. The van der Waals surface area contributed by atoms with Crippen molar-refractivity contribution in [1.82, 2.24) is 9.36 Å². The van der Waals surface area contributed by atoms with Crippen molar-refractivity contribution < 1.29 is 0 Å². The topological polar surface area (TPSA) is 37.8 Å². The van der Waals surface area contributed by atoms with Gasteiger partial charge in [0.2, 0.25) is 5.13 Å². The summed E-state index contributed by atoms with van der Waals surface area (Å²) in [7, 11) is 0. The first-order chi connectivity index (χ1) is 6.38. The highest BCUT2D eigenvalue weighted by molar-refractivity contribution is 7.09. The number of anilines is 1. The Morgan fingerprint density at radius 1 is 1.54 bits per heavy atom. The van der Waals surface area contributed by atoms with Crippen molar-refractivity contribution in [2.75, 3.05) is 5.32 Å². The van der Waals surface area contributed by atoms with E-state index in [-0.39, 0.29) is 0 Å². The lowest BCUT2D eigenvalue weighted by molar-refractivity contribution is 0.783. The Bertz CT molecular complexity index is 298. The third kappa shape index (κ3) is 2.06. The first kappa shape index (κ1) is 8.69. The van der Waals surface area contributed by atoms with Gasteiger partial charge in [0.05, 0.1) is 0 Å². The molecule has 2 rings (SSSR count). The van der Waals surface area contributed by atoms with Crippen molar-refractivity contribution in [2.24, 2.45) is 0 Å². The van der Waals surface area contributed by atoms with E-state index in [1.165, 1.54) is 11.5 Å². The molecule has 0 radical (unpaired) electrons. The third-order valence-corrected chi connectivity index (χ3v) is 2.80. The molecule has 3 nitrogen and oxygen atoms in total. The maximum Gasteiger partial charge on any atom is 0.202 e. The minimum absolute atomic E-state index is 0.539. The molecule has 13 heavy (non-hydrogen) atoms. The summed E-state index contributed by atoms with van der Waals surface area (Å²) in [6, 6.07) is 0.539. The highest BCUT2D eigenvalue weighted by Gasteiger charge is 2.11. The average molecular weight is 195 g/mol. The van der Waals surface area contributed by atoms with Crippen molar-refractivity contribution in [3.8, 4) is 0 Å². The fourth-order valence-electron chi connectivity index (χ4n) is 1.37. The van der Waals surface area contributed by atoms with Gasteiger partial charge in [0, 0.05) is 24.0 Å². The summed E-state index contributed by atoms with van der Waals surface area (Å²) < 4.78 is 4.22. The first-order valence-electron chi connectivity index (χ1n) is 4.62. The van der Waals surface area contributed by atoms with Crippen LogP contribution in [-0.4, -0.2) is 15.4 Å². The van der Waals surface area contributed by atoms with Crippen LogP contribution in [0.4, 0.5) is 5.13 Å². The van der Waals surface area contributed by atoms with Crippen molar-refractivity contribution in [3.05, 3.63) is 18.0 Å². The number of hydrogen-bond acceptors (Lipinski definition) is 4. The van der Waals surface area contributed by atoms with E-state index >= 15 is 0 Å². The van der Waals surface area contributed by atoms with Gasteiger partial charge in [-0.2, -0.15) is 4.37 Å². The monoisotopic (exact) mass is 195 g/mol. The Morgan fingerprint density at radius 2 is 2.31 bits per heavy atom. The molecule has 0 unspecified atom stereocenters. The van der Waals surface area contributed by atoms with E-state index in [0.29, 0.717) is 6.04 Å². The van der Waals surface area contributed by atoms with E-state index in [4.69, 9.17) is 0 Å². The lowest BCUT2D eigenvalue weighted by Crippen LogP contribution is -2.14. The Balaban J connectivity index is 1.93. The minimum atomic E-state index is 0.539. The Labute approximate surface area is 82.1 Å². The molecule has 1 aliphatic rings. The standard InChI is InChI=1S/C9H13N3S/c1-2-8-11-9(13-12-8)10-7-5-3-4-6-7/h3-4,7H,2,5-6H2,1H3,(H,10,11,12). The maximum atomic E-state index is 4.36. The fraction of sp³-hybridized carbons (Fsp3) is 0.556. The van der Waals surface area contributed by atoms with Gasteiger partial charge in [0.15, 0.2) is 0 Å². The van der Waals surface area contributed by atoms with Crippen LogP contribution in [0.15, 0.2) is 12.2 Å². The molecule has 4 heteroatoms. The average Bonchev–Trinajstić information content (AvgIpc) is 2.76. The van der Waals surface area contributed by atoms with E-state index in [9.17, 15) is 0 Å². The Kier molecular flexibility index (Phi) is 2.59. The molecular formula is C9H13N3S. The van der Waals surface area contributed by atoms with Gasteiger partial charge in [-0.1, -0.05) is 19.1 Å². The van der Waals surface area contributed by atoms with Crippen LogP contribution in [0.3, 0.4) is 0 Å².